The van der Waals surface area contributed by atoms with E-state index in [1.54, 1.807) is 24.3 Å². The van der Waals surface area contributed by atoms with Crippen molar-refractivity contribution in [2.24, 2.45) is 0 Å². The summed E-state index contributed by atoms with van der Waals surface area (Å²) in [5.74, 6) is 0. The standard InChI is InChI=1S/C14H21BrCl2N2O3S2.C10H7ClO3S/c1-8-4-3-5-9(2)19(8)7-10(20)6-18-24(21,22)12-11(15)13(16)23-14(12)17;11-9-5-1-4-8-7(9)3-2-6-10(8)15(12,13)14/h8-10,18,20H,3-7H2,1-2H3;1-6H,(H,12,13,14)/t8-,9+,10-;/m0./s1. The number of rotatable bonds is 7. The van der Waals surface area contributed by atoms with E-state index in [0.717, 1.165) is 24.2 Å². The number of hydrogen-bond acceptors (Lipinski definition) is 7. The van der Waals surface area contributed by atoms with Crippen molar-refractivity contribution in [3.05, 3.63) is 54.6 Å². The molecule has 2 aromatic carbocycles. The summed E-state index contributed by atoms with van der Waals surface area (Å²) in [4.78, 5) is 2.03. The zero-order valence-electron chi connectivity index (χ0n) is 20.9. The maximum atomic E-state index is 12.4. The Morgan fingerprint density at radius 2 is 1.62 bits per heavy atom. The Morgan fingerprint density at radius 1 is 1.03 bits per heavy atom. The fraction of sp³-hybridized carbons (Fsp3) is 0.417. The van der Waals surface area contributed by atoms with Gasteiger partial charge in [0.1, 0.15) is 18.5 Å². The number of hydrogen-bond donors (Lipinski definition) is 3. The molecule has 0 amide bonds. The van der Waals surface area contributed by atoms with E-state index >= 15 is 0 Å². The summed E-state index contributed by atoms with van der Waals surface area (Å²) in [5.41, 5.74) is 0. The molecule has 1 aliphatic heterocycles. The quantitative estimate of drug-likeness (QED) is 0.239. The Morgan fingerprint density at radius 3 is 2.18 bits per heavy atom. The molecule has 1 aromatic heterocycles. The molecule has 15 heteroatoms. The molecule has 0 saturated carbocycles. The van der Waals surface area contributed by atoms with Gasteiger partial charge >= 0.3 is 0 Å². The van der Waals surface area contributed by atoms with Crippen LogP contribution in [0, 0.1) is 0 Å². The molecular weight excluding hydrogens is 695 g/mol. The summed E-state index contributed by atoms with van der Waals surface area (Å²) in [6.07, 6.45) is 2.58. The number of likely N-dealkylation sites (tertiary alicyclic amines) is 1. The van der Waals surface area contributed by atoms with Crippen LogP contribution in [0.1, 0.15) is 33.1 Å². The molecule has 39 heavy (non-hydrogen) atoms. The van der Waals surface area contributed by atoms with E-state index in [1.165, 1.54) is 18.6 Å². The Hall–Kier alpha value is -0.510. The first kappa shape index (κ1) is 33.0. The lowest BCUT2D eigenvalue weighted by Gasteiger charge is -2.40. The first-order valence-corrected chi connectivity index (χ1v) is 17.5. The van der Waals surface area contributed by atoms with Gasteiger partial charge in [0.15, 0.2) is 0 Å². The summed E-state index contributed by atoms with van der Waals surface area (Å²) in [6, 6.07) is 10.3. The van der Waals surface area contributed by atoms with Crippen molar-refractivity contribution >= 4 is 93.0 Å². The molecule has 1 aliphatic rings. The summed E-state index contributed by atoms with van der Waals surface area (Å²) in [6.45, 7) is 4.63. The third-order valence-corrected chi connectivity index (χ3v) is 12.5. The van der Waals surface area contributed by atoms with Crippen LogP contribution in [0.3, 0.4) is 0 Å². The van der Waals surface area contributed by atoms with Crippen molar-refractivity contribution < 1.29 is 26.5 Å². The van der Waals surface area contributed by atoms with Crippen LogP contribution in [0.15, 0.2) is 50.7 Å². The second kappa shape index (κ2) is 13.6. The number of β-amino-alcohol motifs (C(OH)–C–C–N with tert-alkyl or cyclic N) is 1. The predicted octanol–water partition coefficient (Wildman–Crippen LogP) is 6.46. The molecule has 0 bridgehead atoms. The number of halogens is 4. The minimum atomic E-state index is -4.20. The van der Waals surface area contributed by atoms with Gasteiger partial charge < -0.3 is 5.11 Å². The second-order valence-electron chi connectivity index (χ2n) is 9.19. The minimum Gasteiger partial charge on any atom is -0.390 e. The molecule has 1 fully saturated rings. The molecular formula is C24H28BrCl3N2O6S3. The molecule has 3 aromatic rings. The van der Waals surface area contributed by atoms with Crippen LogP contribution in [0.4, 0.5) is 0 Å². The van der Waals surface area contributed by atoms with E-state index in [4.69, 9.17) is 39.4 Å². The molecule has 0 unspecified atom stereocenters. The molecule has 0 aliphatic carbocycles. The fourth-order valence-electron chi connectivity index (χ4n) is 4.46. The van der Waals surface area contributed by atoms with E-state index in [-0.39, 0.29) is 29.5 Å². The van der Waals surface area contributed by atoms with Crippen LogP contribution in [0.5, 0.6) is 0 Å². The third kappa shape index (κ3) is 8.29. The number of sulfonamides is 1. The van der Waals surface area contributed by atoms with Crippen molar-refractivity contribution in [1.29, 1.82) is 0 Å². The van der Waals surface area contributed by atoms with E-state index < -0.39 is 26.2 Å². The van der Waals surface area contributed by atoms with Gasteiger partial charge in [-0.3, -0.25) is 9.45 Å². The molecule has 0 radical (unpaired) electrons. The zero-order chi connectivity index (χ0) is 29.1. The van der Waals surface area contributed by atoms with Gasteiger partial charge in [-0.25, -0.2) is 13.1 Å². The van der Waals surface area contributed by atoms with Crippen molar-refractivity contribution in [2.45, 2.75) is 61.1 Å². The van der Waals surface area contributed by atoms with Gasteiger partial charge in [0.2, 0.25) is 10.0 Å². The predicted molar refractivity (Wildman–Crippen MR) is 161 cm³/mol. The number of nitrogens with zero attached hydrogens (tertiary/aromatic N) is 1. The lowest BCUT2D eigenvalue weighted by atomic mass is 9.97. The van der Waals surface area contributed by atoms with E-state index in [1.807, 2.05) is 0 Å². The Balaban J connectivity index is 0.000000239. The molecule has 3 atom stereocenters. The molecule has 1 saturated heterocycles. The number of aliphatic hydroxyl groups excluding tert-OH is 1. The summed E-state index contributed by atoms with van der Waals surface area (Å²) < 4.78 is 59.0. The van der Waals surface area contributed by atoms with Gasteiger partial charge in [-0.15, -0.1) is 11.3 Å². The van der Waals surface area contributed by atoms with Crippen LogP contribution in [-0.2, 0) is 20.1 Å². The lowest BCUT2D eigenvalue weighted by Crippen LogP contribution is -2.49. The highest BCUT2D eigenvalue weighted by atomic mass is 79.9. The van der Waals surface area contributed by atoms with Gasteiger partial charge in [-0.2, -0.15) is 8.42 Å². The molecule has 3 N–H and O–H groups in total. The first-order chi connectivity index (χ1) is 18.1. The summed E-state index contributed by atoms with van der Waals surface area (Å²) >= 11 is 21.9. The lowest BCUT2D eigenvalue weighted by molar-refractivity contribution is 0.0438. The van der Waals surface area contributed by atoms with E-state index in [9.17, 15) is 21.9 Å². The second-order valence-corrected chi connectivity index (χ2v) is 15.7. The monoisotopic (exact) mass is 720 g/mol. The summed E-state index contributed by atoms with van der Waals surface area (Å²) in [5, 5.41) is 11.7. The van der Waals surface area contributed by atoms with Crippen molar-refractivity contribution in [1.82, 2.24) is 9.62 Å². The van der Waals surface area contributed by atoms with E-state index in [2.05, 4.69) is 39.4 Å². The highest BCUT2D eigenvalue weighted by Gasteiger charge is 2.29. The van der Waals surface area contributed by atoms with Gasteiger partial charge in [0.25, 0.3) is 10.1 Å². The van der Waals surface area contributed by atoms with Crippen molar-refractivity contribution in [2.75, 3.05) is 13.1 Å². The SMILES string of the molecule is C[C@@H]1CCC[C@H](C)N1C[C@@H](O)CNS(=O)(=O)c1c(Cl)sc(Cl)c1Br.O=S(=O)(O)c1cccc2c(Cl)cccc12. The number of nitrogens with one attached hydrogen (secondary N) is 1. The summed E-state index contributed by atoms with van der Waals surface area (Å²) in [7, 11) is -8.05. The molecule has 216 valence electrons. The van der Waals surface area contributed by atoms with Gasteiger partial charge in [-0.1, -0.05) is 65.5 Å². The first-order valence-electron chi connectivity index (χ1n) is 11.8. The average Bonchev–Trinajstić information content (AvgIpc) is 3.11. The maximum Gasteiger partial charge on any atom is 0.295 e. The number of aliphatic hydroxyl groups is 1. The number of benzene rings is 2. The van der Waals surface area contributed by atoms with Crippen LogP contribution in [0.2, 0.25) is 13.7 Å². The molecule has 8 nitrogen and oxygen atoms in total. The fourth-order valence-corrected chi connectivity index (χ4v) is 10.0. The molecule has 0 spiro atoms. The largest absolute Gasteiger partial charge is 0.390 e. The van der Waals surface area contributed by atoms with Crippen LogP contribution >= 0.6 is 62.1 Å². The van der Waals surface area contributed by atoms with Crippen molar-refractivity contribution in [3.63, 3.8) is 0 Å². The molecule has 4 rings (SSSR count). The number of fused-ring (bicyclic) bond motifs is 1. The maximum absolute atomic E-state index is 12.4. The number of piperidine rings is 1. The highest BCUT2D eigenvalue weighted by molar-refractivity contribution is 9.10. The Labute approximate surface area is 256 Å². The Kier molecular flexibility index (Phi) is 11.5. The third-order valence-electron chi connectivity index (χ3n) is 6.41. The van der Waals surface area contributed by atoms with Crippen LogP contribution in [-0.4, -0.2) is 62.7 Å². The smallest absolute Gasteiger partial charge is 0.295 e. The van der Waals surface area contributed by atoms with Crippen LogP contribution in [0.25, 0.3) is 10.8 Å². The molecule has 2 heterocycles. The van der Waals surface area contributed by atoms with Gasteiger partial charge in [-0.05, 0) is 54.8 Å². The van der Waals surface area contributed by atoms with Crippen molar-refractivity contribution in [3.8, 4) is 0 Å². The topological polar surface area (TPSA) is 124 Å². The van der Waals surface area contributed by atoms with Gasteiger partial charge in [0, 0.05) is 41.0 Å². The number of thiophene rings is 1. The normalized spacial score (nSPS) is 19.5. The Bertz CT molecular complexity index is 1530. The van der Waals surface area contributed by atoms with Gasteiger partial charge in [0.05, 0.1) is 10.6 Å². The zero-order valence-corrected chi connectivity index (χ0v) is 27.2. The minimum absolute atomic E-state index is 0.0749. The highest BCUT2D eigenvalue weighted by Crippen LogP contribution is 2.42. The van der Waals surface area contributed by atoms with E-state index in [0.29, 0.717) is 34.4 Å². The van der Waals surface area contributed by atoms with Crippen LogP contribution < -0.4 is 4.72 Å². The average molecular weight is 723 g/mol.